The Hall–Kier alpha value is -3.16. The summed E-state index contributed by atoms with van der Waals surface area (Å²) in [6.45, 7) is 2.45. The molecule has 1 aliphatic carbocycles. The third-order valence-corrected chi connectivity index (χ3v) is 5.78. The van der Waals surface area contributed by atoms with Crippen LogP contribution in [0.15, 0.2) is 46.2 Å². The third kappa shape index (κ3) is 3.94. The lowest BCUT2D eigenvalue weighted by Gasteiger charge is -2.23. The van der Waals surface area contributed by atoms with E-state index in [9.17, 15) is 14.4 Å². The van der Waals surface area contributed by atoms with Gasteiger partial charge in [0.15, 0.2) is 11.2 Å². The fraction of sp³-hybridized carbons (Fsp3) is 0.455. The van der Waals surface area contributed by atoms with Gasteiger partial charge in [-0.3, -0.25) is 14.2 Å². The van der Waals surface area contributed by atoms with Crippen molar-refractivity contribution in [2.75, 3.05) is 0 Å². The minimum absolute atomic E-state index is 0.124. The Kier molecular flexibility index (Phi) is 5.83. The molecule has 158 valence electrons. The highest BCUT2D eigenvalue weighted by molar-refractivity contribution is 5.77. The molecule has 0 aliphatic heterocycles. The van der Waals surface area contributed by atoms with Crippen molar-refractivity contribution in [3.05, 3.63) is 63.1 Å². The van der Waals surface area contributed by atoms with Crippen molar-refractivity contribution in [1.82, 2.24) is 24.0 Å². The van der Waals surface area contributed by atoms with E-state index in [-0.39, 0.29) is 25.0 Å². The van der Waals surface area contributed by atoms with Crippen molar-refractivity contribution in [1.29, 1.82) is 0 Å². The fourth-order valence-electron chi connectivity index (χ4n) is 4.19. The number of rotatable bonds is 6. The minimum atomic E-state index is -0.517. The van der Waals surface area contributed by atoms with Crippen molar-refractivity contribution in [2.45, 2.75) is 64.7 Å². The first-order chi connectivity index (χ1) is 14.6. The molecule has 0 bridgehead atoms. The van der Waals surface area contributed by atoms with Crippen LogP contribution in [0, 0.1) is 0 Å². The van der Waals surface area contributed by atoms with Crippen LogP contribution in [-0.2, 0) is 24.4 Å². The van der Waals surface area contributed by atoms with Crippen molar-refractivity contribution < 1.29 is 4.79 Å². The van der Waals surface area contributed by atoms with E-state index in [0.29, 0.717) is 17.7 Å². The number of aryl methyl sites for hydroxylation is 1. The maximum absolute atomic E-state index is 13.2. The quantitative estimate of drug-likeness (QED) is 0.673. The first-order valence-corrected chi connectivity index (χ1v) is 10.6. The molecule has 1 aliphatic rings. The molecule has 1 N–H and O–H groups in total. The number of fused-ring (bicyclic) bond motifs is 1. The zero-order valence-electron chi connectivity index (χ0n) is 17.2. The van der Waals surface area contributed by atoms with Crippen LogP contribution in [0.3, 0.4) is 0 Å². The highest BCUT2D eigenvalue weighted by atomic mass is 16.2. The van der Waals surface area contributed by atoms with Crippen LogP contribution in [0.4, 0.5) is 0 Å². The van der Waals surface area contributed by atoms with Crippen LogP contribution < -0.4 is 16.6 Å². The van der Waals surface area contributed by atoms with Gasteiger partial charge in [0.2, 0.25) is 5.91 Å². The first-order valence-electron chi connectivity index (χ1n) is 10.6. The molecule has 8 heteroatoms. The zero-order valence-corrected chi connectivity index (χ0v) is 17.2. The number of nitrogens with zero attached hydrogens (tertiary/aromatic N) is 4. The molecule has 0 saturated heterocycles. The number of imidazole rings is 1. The van der Waals surface area contributed by atoms with E-state index in [1.165, 1.54) is 11.0 Å². The monoisotopic (exact) mass is 409 g/mol. The van der Waals surface area contributed by atoms with E-state index >= 15 is 0 Å². The summed E-state index contributed by atoms with van der Waals surface area (Å²) in [7, 11) is 0. The number of hydrogen-bond donors (Lipinski definition) is 1. The van der Waals surface area contributed by atoms with Gasteiger partial charge in [-0.2, -0.15) is 0 Å². The molecule has 3 aromatic rings. The Balaban J connectivity index is 1.74. The van der Waals surface area contributed by atoms with Crippen LogP contribution >= 0.6 is 0 Å². The van der Waals surface area contributed by atoms with Gasteiger partial charge in [0.05, 0.1) is 12.9 Å². The van der Waals surface area contributed by atoms with Gasteiger partial charge in [0.25, 0.3) is 5.56 Å². The summed E-state index contributed by atoms with van der Waals surface area (Å²) < 4.78 is 4.23. The predicted octanol–water partition coefficient (Wildman–Crippen LogP) is 1.88. The zero-order chi connectivity index (χ0) is 21.1. The molecule has 4 rings (SSSR count). The summed E-state index contributed by atoms with van der Waals surface area (Å²) in [4.78, 5) is 43.3. The lowest BCUT2D eigenvalue weighted by atomic mass is 9.95. The molecular formula is C22H27N5O3. The topological polar surface area (TPSA) is 90.9 Å². The standard InChI is InChI=1S/C22H27N5O3/c1-2-25-15-23-20-19(25)21(29)27(14-18(28)24-17-11-7-4-8-12-17)22(30)26(20)13-16-9-5-3-6-10-16/h3,5-6,9-10,15,17H,2,4,7-8,11-14H2,1H3,(H,24,28). The van der Waals surface area contributed by atoms with Gasteiger partial charge >= 0.3 is 5.69 Å². The summed E-state index contributed by atoms with van der Waals surface area (Å²) in [5.74, 6) is -0.297. The van der Waals surface area contributed by atoms with Gasteiger partial charge in [-0.15, -0.1) is 0 Å². The summed E-state index contributed by atoms with van der Waals surface area (Å²) in [5, 5.41) is 2.99. The molecule has 0 spiro atoms. The SMILES string of the molecule is CCn1cnc2c1c(=O)n(CC(=O)NC1CCCCC1)c(=O)n2Cc1ccccc1. The second kappa shape index (κ2) is 8.69. The molecule has 1 fully saturated rings. The molecule has 1 aromatic carbocycles. The van der Waals surface area contributed by atoms with Crippen molar-refractivity contribution in [3.8, 4) is 0 Å². The lowest BCUT2D eigenvalue weighted by Crippen LogP contribution is -2.46. The Morgan fingerprint density at radius 3 is 2.53 bits per heavy atom. The predicted molar refractivity (Wildman–Crippen MR) is 114 cm³/mol. The molecule has 1 saturated carbocycles. The summed E-state index contributed by atoms with van der Waals surface area (Å²) in [6, 6.07) is 9.66. The molecule has 0 radical (unpaired) electrons. The Bertz CT molecular complexity index is 1150. The van der Waals surface area contributed by atoms with Gasteiger partial charge in [-0.1, -0.05) is 49.6 Å². The molecule has 2 heterocycles. The average molecular weight is 409 g/mol. The maximum atomic E-state index is 13.2. The molecule has 30 heavy (non-hydrogen) atoms. The Labute approximate surface area is 174 Å². The Morgan fingerprint density at radius 1 is 1.10 bits per heavy atom. The highest BCUT2D eigenvalue weighted by Crippen LogP contribution is 2.17. The van der Waals surface area contributed by atoms with E-state index in [2.05, 4.69) is 10.3 Å². The van der Waals surface area contributed by atoms with Gasteiger partial charge in [0, 0.05) is 12.6 Å². The number of carbonyl (C=O) groups excluding carboxylic acids is 1. The van der Waals surface area contributed by atoms with Crippen molar-refractivity contribution in [2.24, 2.45) is 0 Å². The number of carbonyl (C=O) groups is 1. The maximum Gasteiger partial charge on any atom is 0.333 e. The van der Waals surface area contributed by atoms with E-state index < -0.39 is 11.2 Å². The van der Waals surface area contributed by atoms with Crippen molar-refractivity contribution >= 4 is 17.1 Å². The average Bonchev–Trinajstić information content (AvgIpc) is 3.20. The summed E-state index contributed by atoms with van der Waals surface area (Å²) in [6.07, 6.45) is 6.83. The second-order valence-electron chi connectivity index (χ2n) is 7.85. The van der Waals surface area contributed by atoms with Crippen LogP contribution in [0.1, 0.15) is 44.6 Å². The largest absolute Gasteiger partial charge is 0.352 e. The summed E-state index contributed by atoms with van der Waals surface area (Å²) in [5.41, 5.74) is 0.621. The van der Waals surface area contributed by atoms with E-state index in [4.69, 9.17) is 0 Å². The molecule has 0 unspecified atom stereocenters. The Morgan fingerprint density at radius 2 is 1.83 bits per heavy atom. The van der Waals surface area contributed by atoms with E-state index in [1.807, 2.05) is 37.3 Å². The second-order valence-corrected chi connectivity index (χ2v) is 7.85. The molecular weight excluding hydrogens is 382 g/mol. The third-order valence-electron chi connectivity index (χ3n) is 5.78. The van der Waals surface area contributed by atoms with Crippen LogP contribution in [0.2, 0.25) is 0 Å². The van der Waals surface area contributed by atoms with Crippen LogP contribution in [0.5, 0.6) is 0 Å². The highest BCUT2D eigenvalue weighted by Gasteiger charge is 2.21. The van der Waals surface area contributed by atoms with E-state index in [1.54, 1.807) is 10.9 Å². The number of nitrogens with one attached hydrogen (secondary N) is 1. The normalized spacial score (nSPS) is 14.8. The molecule has 0 atom stereocenters. The number of amides is 1. The molecule has 2 aromatic heterocycles. The first kappa shape index (κ1) is 20.1. The number of benzene rings is 1. The van der Waals surface area contributed by atoms with Crippen molar-refractivity contribution in [3.63, 3.8) is 0 Å². The van der Waals surface area contributed by atoms with Crippen LogP contribution in [0.25, 0.3) is 11.2 Å². The van der Waals surface area contributed by atoms with Crippen LogP contribution in [-0.4, -0.2) is 30.6 Å². The smallest absolute Gasteiger partial charge is 0.333 e. The van der Waals surface area contributed by atoms with Gasteiger partial charge in [-0.05, 0) is 25.3 Å². The molecule has 1 amide bonds. The summed E-state index contributed by atoms with van der Waals surface area (Å²) >= 11 is 0. The number of aromatic nitrogens is 4. The minimum Gasteiger partial charge on any atom is -0.352 e. The molecule has 8 nitrogen and oxygen atoms in total. The van der Waals surface area contributed by atoms with E-state index in [0.717, 1.165) is 35.8 Å². The van der Waals surface area contributed by atoms with Gasteiger partial charge in [0.1, 0.15) is 6.54 Å². The van der Waals surface area contributed by atoms with Gasteiger partial charge in [-0.25, -0.2) is 14.3 Å². The number of hydrogen-bond acceptors (Lipinski definition) is 4. The fourth-order valence-corrected chi connectivity index (χ4v) is 4.19. The van der Waals surface area contributed by atoms with Gasteiger partial charge < -0.3 is 9.88 Å². The lowest BCUT2D eigenvalue weighted by molar-refractivity contribution is -0.122.